The molecule has 6 heteroatoms. The third kappa shape index (κ3) is 4.71. The molecule has 136 valence electrons. The summed E-state index contributed by atoms with van der Waals surface area (Å²) in [5.74, 6) is -0.792. The monoisotopic (exact) mass is 379 g/mol. The van der Waals surface area contributed by atoms with E-state index in [2.05, 4.69) is 15.6 Å². The van der Waals surface area contributed by atoms with Gasteiger partial charge < -0.3 is 10.6 Å². The molecule has 0 radical (unpaired) electrons. The highest BCUT2D eigenvalue weighted by molar-refractivity contribution is 6.31. The first-order valence-electron chi connectivity index (χ1n) is 8.35. The molecule has 0 spiro atoms. The molecule has 2 amide bonds. The van der Waals surface area contributed by atoms with Crippen molar-refractivity contribution in [2.75, 3.05) is 10.6 Å². The van der Waals surface area contributed by atoms with Gasteiger partial charge in [0.15, 0.2) is 0 Å². The number of hydrogen-bond acceptors (Lipinski definition) is 3. The number of rotatable bonds is 4. The van der Waals surface area contributed by atoms with Crippen molar-refractivity contribution >= 4 is 34.8 Å². The number of nitrogens with zero attached hydrogens (tertiary/aromatic N) is 1. The number of halogens is 1. The Bertz CT molecular complexity index is 1020. The van der Waals surface area contributed by atoms with Gasteiger partial charge in [-0.2, -0.15) is 0 Å². The minimum atomic E-state index is -0.412. The van der Waals surface area contributed by atoms with Crippen molar-refractivity contribution < 1.29 is 9.59 Å². The van der Waals surface area contributed by atoms with Gasteiger partial charge in [-0.1, -0.05) is 35.9 Å². The van der Waals surface area contributed by atoms with Crippen LogP contribution in [-0.2, 0) is 0 Å². The second-order valence-electron chi connectivity index (χ2n) is 6.15. The fourth-order valence-electron chi connectivity index (χ4n) is 2.52. The summed E-state index contributed by atoms with van der Waals surface area (Å²) in [7, 11) is 0. The zero-order valence-corrected chi connectivity index (χ0v) is 15.7. The van der Waals surface area contributed by atoms with E-state index in [1.807, 2.05) is 38.1 Å². The van der Waals surface area contributed by atoms with Gasteiger partial charge in [-0.05, 0) is 61.4 Å². The standard InChI is InChI=1S/C21H18ClN3O2/c1-13-5-3-6-16(11-13)23-20(26)17-7-4-8-18(24-17)21(27)25-19-12-15(22)10-9-14(19)2/h3-12H,1-2H3,(H,23,26)(H,25,27). The molecule has 0 saturated heterocycles. The van der Waals surface area contributed by atoms with Gasteiger partial charge in [0.05, 0.1) is 0 Å². The molecule has 0 bridgehead atoms. The number of aryl methyl sites for hydroxylation is 2. The molecule has 2 aromatic carbocycles. The van der Waals surface area contributed by atoms with Gasteiger partial charge in [-0.15, -0.1) is 0 Å². The summed E-state index contributed by atoms with van der Waals surface area (Å²) < 4.78 is 0. The fourth-order valence-corrected chi connectivity index (χ4v) is 2.69. The maximum Gasteiger partial charge on any atom is 0.274 e. The van der Waals surface area contributed by atoms with Crippen LogP contribution in [0.1, 0.15) is 32.1 Å². The Labute approximate surface area is 162 Å². The van der Waals surface area contributed by atoms with E-state index in [4.69, 9.17) is 11.6 Å². The molecule has 0 atom stereocenters. The number of carbonyl (C=O) groups excluding carboxylic acids is 2. The maximum absolute atomic E-state index is 12.5. The van der Waals surface area contributed by atoms with Crippen LogP contribution >= 0.6 is 11.6 Å². The van der Waals surface area contributed by atoms with Gasteiger partial charge in [0.2, 0.25) is 0 Å². The molecule has 3 aromatic rings. The Balaban J connectivity index is 1.77. The molecule has 3 rings (SSSR count). The summed E-state index contributed by atoms with van der Waals surface area (Å²) in [6, 6.07) is 17.4. The molecular weight excluding hydrogens is 362 g/mol. The number of nitrogens with one attached hydrogen (secondary N) is 2. The lowest BCUT2D eigenvalue weighted by atomic mass is 10.2. The Kier molecular flexibility index (Phi) is 5.52. The van der Waals surface area contributed by atoms with E-state index >= 15 is 0 Å². The van der Waals surface area contributed by atoms with Crippen LogP contribution in [0.15, 0.2) is 60.7 Å². The summed E-state index contributed by atoms with van der Waals surface area (Å²) in [5.41, 5.74) is 3.49. The van der Waals surface area contributed by atoms with Crippen LogP contribution in [-0.4, -0.2) is 16.8 Å². The van der Waals surface area contributed by atoms with Crippen molar-refractivity contribution in [2.24, 2.45) is 0 Å². The van der Waals surface area contributed by atoms with Gasteiger partial charge in [0.1, 0.15) is 11.4 Å². The molecule has 0 unspecified atom stereocenters. The van der Waals surface area contributed by atoms with Crippen LogP contribution in [0.5, 0.6) is 0 Å². The van der Waals surface area contributed by atoms with Crippen LogP contribution in [0, 0.1) is 13.8 Å². The molecule has 0 aliphatic heterocycles. The number of aromatic nitrogens is 1. The lowest BCUT2D eigenvalue weighted by molar-refractivity contribution is 0.101. The van der Waals surface area contributed by atoms with Crippen molar-refractivity contribution in [3.63, 3.8) is 0 Å². The third-order valence-corrected chi connectivity index (χ3v) is 4.17. The van der Waals surface area contributed by atoms with Crippen LogP contribution in [0.2, 0.25) is 5.02 Å². The van der Waals surface area contributed by atoms with Crippen molar-refractivity contribution in [2.45, 2.75) is 13.8 Å². The van der Waals surface area contributed by atoms with E-state index in [1.54, 1.807) is 36.4 Å². The molecule has 0 aliphatic rings. The van der Waals surface area contributed by atoms with Gasteiger partial charge in [-0.25, -0.2) is 4.98 Å². The van der Waals surface area contributed by atoms with Crippen molar-refractivity contribution in [3.05, 3.63) is 88.2 Å². The summed E-state index contributed by atoms with van der Waals surface area (Å²) in [6.45, 7) is 3.81. The first kappa shape index (κ1) is 18.6. The molecule has 1 heterocycles. The number of benzene rings is 2. The SMILES string of the molecule is Cc1cccc(NC(=O)c2cccc(C(=O)Nc3cc(Cl)ccc3C)n2)c1. The third-order valence-electron chi connectivity index (χ3n) is 3.94. The van der Waals surface area contributed by atoms with Crippen molar-refractivity contribution in [1.82, 2.24) is 4.98 Å². The lowest BCUT2D eigenvalue weighted by Crippen LogP contribution is -2.18. The normalized spacial score (nSPS) is 10.3. The van der Waals surface area contributed by atoms with E-state index in [0.29, 0.717) is 16.4 Å². The van der Waals surface area contributed by atoms with Crippen LogP contribution < -0.4 is 10.6 Å². The molecule has 0 saturated carbocycles. The first-order chi connectivity index (χ1) is 12.9. The number of carbonyl (C=O) groups is 2. The van der Waals surface area contributed by atoms with E-state index in [9.17, 15) is 9.59 Å². The predicted molar refractivity (Wildman–Crippen MR) is 108 cm³/mol. The van der Waals surface area contributed by atoms with Crippen molar-refractivity contribution in [1.29, 1.82) is 0 Å². The quantitative estimate of drug-likeness (QED) is 0.680. The van der Waals surface area contributed by atoms with Crippen LogP contribution in [0.25, 0.3) is 0 Å². The molecule has 0 fully saturated rings. The molecule has 27 heavy (non-hydrogen) atoms. The average Bonchev–Trinajstić information content (AvgIpc) is 2.65. The predicted octanol–water partition coefficient (Wildman–Crippen LogP) is 4.86. The second-order valence-corrected chi connectivity index (χ2v) is 6.58. The lowest BCUT2D eigenvalue weighted by Gasteiger charge is -2.10. The molecule has 1 aromatic heterocycles. The van der Waals surface area contributed by atoms with Gasteiger partial charge in [0.25, 0.3) is 11.8 Å². The highest BCUT2D eigenvalue weighted by Crippen LogP contribution is 2.20. The minimum absolute atomic E-state index is 0.145. The molecule has 2 N–H and O–H groups in total. The maximum atomic E-state index is 12.5. The average molecular weight is 380 g/mol. The van der Waals surface area contributed by atoms with E-state index in [-0.39, 0.29) is 17.3 Å². The summed E-state index contributed by atoms with van der Waals surface area (Å²) in [5, 5.41) is 6.08. The number of anilines is 2. The topological polar surface area (TPSA) is 71.1 Å². The summed E-state index contributed by atoms with van der Waals surface area (Å²) >= 11 is 5.98. The zero-order chi connectivity index (χ0) is 19.4. The Morgan fingerprint density at radius 3 is 2.22 bits per heavy atom. The Morgan fingerprint density at radius 2 is 1.52 bits per heavy atom. The smallest absolute Gasteiger partial charge is 0.274 e. The van der Waals surface area contributed by atoms with Crippen molar-refractivity contribution in [3.8, 4) is 0 Å². The summed E-state index contributed by atoms with van der Waals surface area (Å²) in [6.07, 6.45) is 0. The van der Waals surface area contributed by atoms with Crippen LogP contribution in [0.3, 0.4) is 0 Å². The van der Waals surface area contributed by atoms with E-state index in [1.165, 1.54) is 0 Å². The number of hydrogen-bond donors (Lipinski definition) is 2. The van der Waals surface area contributed by atoms with E-state index in [0.717, 1.165) is 11.1 Å². The van der Waals surface area contributed by atoms with Gasteiger partial charge in [-0.3, -0.25) is 9.59 Å². The van der Waals surface area contributed by atoms with Gasteiger partial charge >= 0.3 is 0 Å². The van der Waals surface area contributed by atoms with Gasteiger partial charge in [0, 0.05) is 16.4 Å². The second kappa shape index (κ2) is 8.01. The van der Waals surface area contributed by atoms with E-state index < -0.39 is 5.91 Å². The summed E-state index contributed by atoms with van der Waals surface area (Å²) in [4.78, 5) is 29.1. The minimum Gasteiger partial charge on any atom is -0.321 e. The fraction of sp³-hybridized carbons (Fsp3) is 0.0952. The number of pyridine rings is 1. The largest absolute Gasteiger partial charge is 0.321 e. The first-order valence-corrected chi connectivity index (χ1v) is 8.73. The molecule has 0 aliphatic carbocycles. The highest BCUT2D eigenvalue weighted by Gasteiger charge is 2.14. The molecule has 5 nitrogen and oxygen atoms in total. The highest BCUT2D eigenvalue weighted by atomic mass is 35.5. The molecular formula is C21H18ClN3O2. The zero-order valence-electron chi connectivity index (χ0n) is 14.9. The number of amides is 2. The Morgan fingerprint density at radius 1 is 0.852 bits per heavy atom. The Hall–Kier alpha value is -3.18. The van der Waals surface area contributed by atoms with Crippen LogP contribution in [0.4, 0.5) is 11.4 Å².